The van der Waals surface area contributed by atoms with E-state index in [1.165, 1.54) is 90.4 Å². The predicted molar refractivity (Wildman–Crippen MR) is 109 cm³/mol. The lowest BCUT2D eigenvalue weighted by molar-refractivity contribution is -0.141. The summed E-state index contributed by atoms with van der Waals surface area (Å²) in [6.45, 7) is 4.32. The van der Waals surface area contributed by atoms with Crippen molar-refractivity contribution in [1.82, 2.24) is 5.32 Å². The van der Waals surface area contributed by atoms with E-state index in [-0.39, 0.29) is 18.5 Å². The fourth-order valence-electron chi connectivity index (χ4n) is 3.13. The first-order valence-corrected chi connectivity index (χ1v) is 11.1. The molecule has 1 amide bonds. The molecular weight excluding hydrogens is 326 g/mol. The van der Waals surface area contributed by atoms with Crippen LogP contribution in [0.2, 0.25) is 0 Å². The van der Waals surface area contributed by atoms with Crippen LogP contribution in [0, 0.1) is 0 Å². The average Bonchev–Trinajstić information content (AvgIpc) is 2.62. The van der Waals surface area contributed by atoms with E-state index >= 15 is 0 Å². The van der Waals surface area contributed by atoms with Crippen LogP contribution in [-0.4, -0.2) is 25.0 Å². The number of nitrogens with one attached hydrogen (secondary N) is 1. The number of hydrogen-bond donors (Lipinski definition) is 1. The maximum Gasteiger partial charge on any atom is 0.302 e. The molecular formula is C22H43NO3. The zero-order valence-electron chi connectivity index (χ0n) is 17.5. The molecule has 0 spiro atoms. The molecule has 154 valence electrons. The van der Waals surface area contributed by atoms with Gasteiger partial charge in [-0.05, 0) is 6.42 Å². The Bertz CT molecular complexity index is 331. The third-order valence-corrected chi connectivity index (χ3v) is 4.74. The summed E-state index contributed by atoms with van der Waals surface area (Å²) in [5.41, 5.74) is 0. The summed E-state index contributed by atoms with van der Waals surface area (Å²) in [4.78, 5) is 22.2. The summed E-state index contributed by atoms with van der Waals surface area (Å²) in [7, 11) is 0. The molecule has 4 heteroatoms. The summed E-state index contributed by atoms with van der Waals surface area (Å²) in [5, 5.41) is 2.77. The van der Waals surface area contributed by atoms with Crippen molar-refractivity contribution < 1.29 is 14.3 Å². The molecule has 0 aliphatic carbocycles. The first-order chi connectivity index (χ1) is 12.7. The van der Waals surface area contributed by atoms with Crippen LogP contribution in [0.5, 0.6) is 0 Å². The fourth-order valence-corrected chi connectivity index (χ4v) is 3.13. The Balaban J connectivity index is 3.12. The first kappa shape index (κ1) is 24.9. The molecule has 0 radical (unpaired) electrons. The molecule has 0 aliphatic heterocycles. The van der Waals surface area contributed by atoms with Crippen molar-refractivity contribution >= 4 is 11.9 Å². The summed E-state index contributed by atoms with van der Waals surface area (Å²) in [5.74, 6) is -0.242. The van der Waals surface area contributed by atoms with Gasteiger partial charge in [0.05, 0.1) is 6.54 Å². The van der Waals surface area contributed by atoms with Crippen molar-refractivity contribution in [2.24, 2.45) is 0 Å². The minimum atomic E-state index is -0.304. The zero-order chi connectivity index (χ0) is 19.3. The molecule has 0 fully saturated rings. The Morgan fingerprint density at radius 3 is 1.54 bits per heavy atom. The maximum absolute atomic E-state index is 11.6. The van der Waals surface area contributed by atoms with Gasteiger partial charge in [-0.25, -0.2) is 0 Å². The molecule has 0 bridgehead atoms. The van der Waals surface area contributed by atoms with Gasteiger partial charge in [0.2, 0.25) is 5.91 Å². The van der Waals surface area contributed by atoms with Gasteiger partial charge in [-0.15, -0.1) is 0 Å². The summed E-state index contributed by atoms with van der Waals surface area (Å²) >= 11 is 0. The third kappa shape index (κ3) is 21.0. The van der Waals surface area contributed by atoms with Crippen LogP contribution in [0.15, 0.2) is 0 Å². The number of carbonyl (C=O) groups is 2. The molecule has 1 N–H and O–H groups in total. The Kier molecular flexibility index (Phi) is 19.4. The van der Waals surface area contributed by atoms with Gasteiger partial charge in [0.25, 0.3) is 0 Å². The van der Waals surface area contributed by atoms with Crippen LogP contribution in [-0.2, 0) is 14.3 Å². The number of esters is 1. The normalized spacial score (nSPS) is 10.7. The molecule has 0 rings (SSSR count). The van der Waals surface area contributed by atoms with Gasteiger partial charge in [0.15, 0.2) is 0 Å². The van der Waals surface area contributed by atoms with E-state index < -0.39 is 0 Å². The van der Waals surface area contributed by atoms with Crippen LogP contribution in [0.3, 0.4) is 0 Å². The van der Waals surface area contributed by atoms with E-state index in [9.17, 15) is 9.59 Å². The highest BCUT2D eigenvalue weighted by atomic mass is 16.5. The molecule has 0 heterocycles. The van der Waals surface area contributed by atoms with Crippen molar-refractivity contribution in [3.8, 4) is 0 Å². The van der Waals surface area contributed by atoms with Gasteiger partial charge >= 0.3 is 5.97 Å². The number of rotatable bonds is 19. The minimum absolute atomic E-state index is 0.0619. The number of ether oxygens (including phenoxy) is 1. The van der Waals surface area contributed by atoms with E-state index in [2.05, 4.69) is 12.2 Å². The molecule has 0 saturated heterocycles. The van der Waals surface area contributed by atoms with Gasteiger partial charge in [0.1, 0.15) is 6.61 Å². The van der Waals surface area contributed by atoms with E-state index in [0.717, 1.165) is 12.8 Å². The predicted octanol–water partition coefficient (Wildman–Crippen LogP) is 5.93. The van der Waals surface area contributed by atoms with Crippen molar-refractivity contribution in [2.75, 3.05) is 13.2 Å². The first-order valence-electron chi connectivity index (χ1n) is 11.1. The minimum Gasteiger partial charge on any atom is -0.464 e. The summed E-state index contributed by atoms with van der Waals surface area (Å²) < 4.78 is 4.77. The smallest absolute Gasteiger partial charge is 0.302 e. The second-order valence-corrected chi connectivity index (χ2v) is 7.39. The highest BCUT2D eigenvalue weighted by Gasteiger charge is 2.01. The quantitative estimate of drug-likeness (QED) is 0.227. The number of hydrogen-bond acceptors (Lipinski definition) is 3. The standard InChI is InChI=1S/C22H43NO3/c1-3-4-5-6-7-8-9-10-11-12-13-14-15-16-17-18-22(25)23-19-20-26-21(2)24/h3-20H2,1-2H3,(H,23,25). The van der Waals surface area contributed by atoms with Crippen molar-refractivity contribution in [2.45, 2.75) is 117 Å². The van der Waals surface area contributed by atoms with Gasteiger partial charge in [0, 0.05) is 13.3 Å². The molecule has 0 atom stereocenters. The number of carbonyl (C=O) groups excluding carboxylic acids is 2. The number of unbranched alkanes of at least 4 members (excludes halogenated alkanes) is 14. The Labute approximate surface area is 161 Å². The second kappa shape index (κ2) is 20.3. The molecule has 0 aromatic rings. The van der Waals surface area contributed by atoms with E-state index in [0.29, 0.717) is 13.0 Å². The lowest BCUT2D eigenvalue weighted by Gasteiger charge is -2.05. The molecule has 0 aliphatic rings. The van der Waals surface area contributed by atoms with Crippen molar-refractivity contribution in [3.63, 3.8) is 0 Å². The van der Waals surface area contributed by atoms with Crippen molar-refractivity contribution in [1.29, 1.82) is 0 Å². The van der Waals surface area contributed by atoms with Crippen molar-refractivity contribution in [3.05, 3.63) is 0 Å². The SMILES string of the molecule is CCCCCCCCCCCCCCCCCC(=O)NCCOC(C)=O. The van der Waals surface area contributed by atoms with Crippen LogP contribution in [0.4, 0.5) is 0 Å². The van der Waals surface area contributed by atoms with Crippen LogP contribution in [0.25, 0.3) is 0 Å². The Hall–Kier alpha value is -1.06. The zero-order valence-corrected chi connectivity index (χ0v) is 17.5. The van der Waals surface area contributed by atoms with Gasteiger partial charge in [-0.3, -0.25) is 9.59 Å². The highest BCUT2D eigenvalue weighted by Crippen LogP contribution is 2.13. The molecule has 26 heavy (non-hydrogen) atoms. The van der Waals surface area contributed by atoms with Gasteiger partial charge < -0.3 is 10.1 Å². The van der Waals surface area contributed by atoms with E-state index in [1.807, 2.05) is 0 Å². The van der Waals surface area contributed by atoms with Gasteiger partial charge in [-0.2, -0.15) is 0 Å². The molecule has 0 aromatic carbocycles. The van der Waals surface area contributed by atoms with Crippen LogP contribution >= 0.6 is 0 Å². The topological polar surface area (TPSA) is 55.4 Å². The molecule has 0 unspecified atom stereocenters. The highest BCUT2D eigenvalue weighted by molar-refractivity contribution is 5.75. The largest absolute Gasteiger partial charge is 0.464 e. The van der Waals surface area contributed by atoms with E-state index in [4.69, 9.17) is 4.74 Å². The third-order valence-electron chi connectivity index (χ3n) is 4.74. The monoisotopic (exact) mass is 369 g/mol. The Morgan fingerprint density at radius 1 is 0.692 bits per heavy atom. The van der Waals surface area contributed by atoms with Crippen LogP contribution < -0.4 is 5.32 Å². The molecule has 4 nitrogen and oxygen atoms in total. The fraction of sp³-hybridized carbons (Fsp3) is 0.909. The summed E-state index contributed by atoms with van der Waals surface area (Å²) in [6.07, 6.45) is 20.6. The molecule has 0 aromatic heterocycles. The average molecular weight is 370 g/mol. The van der Waals surface area contributed by atoms with Crippen LogP contribution in [0.1, 0.15) is 117 Å². The van der Waals surface area contributed by atoms with E-state index in [1.54, 1.807) is 0 Å². The number of amides is 1. The maximum atomic E-state index is 11.6. The summed E-state index contributed by atoms with van der Waals surface area (Å²) in [6, 6.07) is 0. The lowest BCUT2D eigenvalue weighted by Crippen LogP contribution is -2.27. The molecule has 0 saturated carbocycles. The lowest BCUT2D eigenvalue weighted by atomic mass is 10.0. The second-order valence-electron chi connectivity index (χ2n) is 7.39. The van der Waals surface area contributed by atoms with Gasteiger partial charge in [-0.1, -0.05) is 96.8 Å². The Morgan fingerprint density at radius 2 is 1.12 bits per heavy atom.